The Morgan fingerprint density at radius 1 is 1.35 bits per heavy atom. The van der Waals surface area contributed by atoms with Crippen molar-refractivity contribution in [1.82, 2.24) is 10.2 Å². The minimum atomic E-state index is -0.349. The van der Waals surface area contributed by atoms with Gasteiger partial charge in [0.15, 0.2) is 0 Å². The van der Waals surface area contributed by atoms with Gasteiger partial charge in [-0.1, -0.05) is 45.3 Å². The quantitative estimate of drug-likeness (QED) is 0.760. The Balaban J connectivity index is 2.99. The molecule has 1 N–H and O–H groups in total. The number of allylic oxidation sites excluding steroid dienone is 1. The van der Waals surface area contributed by atoms with Crippen LogP contribution in [0.2, 0.25) is 0 Å². The van der Waals surface area contributed by atoms with Gasteiger partial charge in [0, 0.05) is 6.54 Å². The second kappa shape index (κ2) is 7.46. The fourth-order valence-corrected chi connectivity index (χ4v) is 2.56. The van der Waals surface area contributed by atoms with Crippen molar-refractivity contribution >= 4 is 11.8 Å². The number of carbonyl (C=O) groups excluding carboxylic acids is 2. The van der Waals surface area contributed by atoms with Gasteiger partial charge in [-0.05, 0) is 26.2 Å². The lowest BCUT2D eigenvalue weighted by Crippen LogP contribution is -2.64. The maximum atomic E-state index is 12.6. The molecule has 1 rings (SSSR count). The molecule has 1 saturated heterocycles. The van der Waals surface area contributed by atoms with E-state index in [0.29, 0.717) is 13.0 Å². The Labute approximate surface area is 122 Å². The summed E-state index contributed by atoms with van der Waals surface area (Å²) in [6.45, 7) is 10.7. The lowest BCUT2D eigenvalue weighted by Gasteiger charge is -2.41. The highest BCUT2D eigenvalue weighted by Gasteiger charge is 2.41. The van der Waals surface area contributed by atoms with Crippen LogP contribution in [0.4, 0.5) is 0 Å². The van der Waals surface area contributed by atoms with Crippen molar-refractivity contribution in [2.45, 2.75) is 66.0 Å². The predicted molar refractivity (Wildman–Crippen MR) is 81.2 cm³/mol. The van der Waals surface area contributed by atoms with Crippen molar-refractivity contribution < 1.29 is 9.59 Å². The fourth-order valence-electron chi connectivity index (χ4n) is 2.56. The monoisotopic (exact) mass is 280 g/mol. The van der Waals surface area contributed by atoms with Crippen LogP contribution in [0, 0.1) is 5.92 Å². The second-order valence-corrected chi connectivity index (χ2v) is 5.95. The highest BCUT2D eigenvalue weighted by molar-refractivity contribution is 5.97. The topological polar surface area (TPSA) is 49.4 Å². The number of hydrogen-bond acceptors (Lipinski definition) is 2. The van der Waals surface area contributed by atoms with Crippen molar-refractivity contribution in [3.63, 3.8) is 0 Å². The van der Waals surface area contributed by atoms with Crippen LogP contribution in [0.1, 0.15) is 53.9 Å². The molecule has 4 heteroatoms. The summed E-state index contributed by atoms with van der Waals surface area (Å²) in [5, 5.41) is 2.90. The third-order valence-electron chi connectivity index (χ3n) is 3.96. The zero-order valence-corrected chi connectivity index (χ0v) is 13.4. The third-order valence-corrected chi connectivity index (χ3v) is 3.96. The maximum absolute atomic E-state index is 12.6. The lowest BCUT2D eigenvalue weighted by atomic mass is 9.92. The van der Waals surface area contributed by atoms with Gasteiger partial charge in [0.25, 0.3) is 0 Å². The minimum absolute atomic E-state index is 0.000411. The molecule has 1 aliphatic rings. The molecule has 114 valence electrons. The Hall–Kier alpha value is -1.32. The number of amides is 2. The van der Waals surface area contributed by atoms with Crippen LogP contribution in [0.25, 0.3) is 0 Å². The SMILES string of the molecule is CCCC1NC(=O)C(C(C)CC)N(CC=C(C)C)C1=O. The molecule has 1 heterocycles. The van der Waals surface area contributed by atoms with Gasteiger partial charge >= 0.3 is 0 Å². The van der Waals surface area contributed by atoms with E-state index in [1.807, 2.05) is 33.8 Å². The van der Waals surface area contributed by atoms with E-state index in [1.54, 1.807) is 4.90 Å². The van der Waals surface area contributed by atoms with Gasteiger partial charge < -0.3 is 10.2 Å². The molecule has 0 saturated carbocycles. The summed E-state index contributed by atoms with van der Waals surface area (Å²) in [5.41, 5.74) is 1.17. The smallest absolute Gasteiger partial charge is 0.246 e. The highest BCUT2D eigenvalue weighted by Crippen LogP contribution is 2.21. The summed E-state index contributed by atoms with van der Waals surface area (Å²) in [4.78, 5) is 26.7. The van der Waals surface area contributed by atoms with Crippen LogP contribution in [-0.4, -0.2) is 35.3 Å². The molecule has 2 amide bonds. The lowest BCUT2D eigenvalue weighted by molar-refractivity contribution is -0.151. The molecule has 3 unspecified atom stereocenters. The van der Waals surface area contributed by atoms with E-state index in [9.17, 15) is 9.59 Å². The third kappa shape index (κ3) is 3.84. The first-order chi connectivity index (χ1) is 9.42. The number of piperazine rings is 1. The Bertz CT molecular complexity index is 386. The molecule has 3 atom stereocenters. The van der Waals surface area contributed by atoms with Crippen molar-refractivity contribution in [2.24, 2.45) is 5.92 Å². The molecule has 0 spiro atoms. The molecule has 0 radical (unpaired) electrons. The summed E-state index contributed by atoms with van der Waals surface area (Å²) in [7, 11) is 0. The minimum Gasteiger partial charge on any atom is -0.342 e. The molecule has 1 fully saturated rings. The van der Waals surface area contributed by atoms with Gasteiger partial charge in [0.05, 0.1) is 0 Å². The first-order valence-electron chi connectivity index (χ1n) is 7.66. The van der Waals surface area contributed by atoms with Crippen molar-refractivity contribution in [3.05, 3.63) is 11.6 Å². The number of nitrogens with one attached hydrogen (secondary N) is 1. The summed E-state index contributed by atoms with van der Waals surface area (Å²) < 4.78 is 0. The van der Waals surface area contributed by atoms with Gasteiger partial charge in [0.1, 0.15) is 12.1 Å². The van der Waals surface area contributed by atoms with E-state index < -0.39 is 0 Å². The number of hydrogen-bond donors (Lipinski definition) is 1. The highest BCUT2D eigenvalue weighted by atomic mass is 16.2. The molecule has 0 aromatic carbocycles. The van der Waals surface area contributed by atoms with Crippen LogP contribution in [-0.2, 0) is 9.59 Å². The van der Waals surface area contributed by atoms with Gasteiger partial charge in [-0.3, -0.25) is 9.59 Å². The fraction of sp³-hybridized carbons (Fsp3) is 0.750. The Morgan fingerprint density at radius 3 is 2.50 bits per heavy atom. The van der Waals surface area contributed by atoms with E-state index in [0.717, 1.165) is 12.8 Å². The largest absolute Gasteiger partial charge is 0.342 e. The molecule has 0 aromatic heterocycles. The van der Waals surface area contributed by atoms with Crippen molar-refractivity contribution in [1.29, 1.82) is 0 Å². The molecule has 4 nitrogen and oxygen atoms in total. The van der Waals surface area contributed by atoms with Gasteiger partial charge in [-0.25, -0.2) is 0 Å². The second-order valence-electron chi connectivity index (χ2n) is 5.95. The molecule has 0 bridgehead atoms. The van der Waals surface area contributed by atoms with Crippen LogP contribution >= 0.6 is 0 Å². The average Bonchev–Trinajstić information content (AvgIpc) is 2.40. The molecule has 0 aromatic rings. The number of rotatable bonds is 6. The Kier molecular flexibility index (Phi) is 6.24. The van der Waals surface area contributed by atoms with E-state index in [4.69, 9.17) is 0 Å². The summed E-state index contributed by atoms with van der Waals surface area (Å²) >= 11 is 0. The van der Waals surface area contributed by atoms with Crippen LogP contribution in [0.15, 0.2) is 11.6 Å². The zero-order valence-electron chi connectivity index (χ0n) is 13.4. The standard InChI is InChI=1S/C16H28N2O2/c1-6-8-13-16(20)18(10-9-11(3)4)14(12(5)7-2)15(19)17-13/h9,12-14H,6-8,10H2,1-5H3,(H,17,19). The molecule has 1 aliphatic heterocycles. The van der Waals surface area contributed by atoms with E-state index in [2.05, 4.69) is 12.2 Å². The average molecular weight is 280 g/mol. The van der Waals surface area contributed by atoms with Crippen LogP contribution in [0.3, 0.4) is 0 Å². The van der Waals surface area contributed by atoms with Crippen molar-refractivity contribution in [3.8, 4) is 0 Å². The van der Waals surface area contributed by atoms with Crippen LogP contribution < -0.4 is 5.32 Å². The van der Waals surface area contributed by atoms with Crippen molar-refractivity contribution in [2.75, 3.05) is 6.54 Å². The normalized spacial score (nSPS) is 24.4. The number of nitrogens with zero attached hydrogens (tertiary/aromatic N) is 1. The first kappa shape index (κ1) is 16.7. The first-order valence-corrected chi connectivity index (χ1v) is 7.66. The molecule has 0 aliphatic carbocycles. The van der Waals surface area contributed by atoms with Gasteiger partial charge in [-0.2, -0.15) is 0 Å². The van der Waals surface area contributed by atoms with E-state index in [-0.39, 0.29) is 29.8 Å². The summed E-state index contributed by atoms with van der Waals surface area (Å²) in [5.74, 6) is 0.237. The van der Waals surface area contributed by atoms with E-state index in [1.165, 1.54) is 5.57 Å². The maximum Gasteiger partial charge on any atom is 0.246 e. The predicted octanol–water partition coefficient (Wildman–Crippen LogP) is 2.49. The summed E-state index contributed by atoms with van der Waals surface area (Å²) in [6, 6.07) is -0.686. The van der Waals surface area contributed by atoms with Crippen LogP contribution in [0.5, 0.6) is 0 Å². The molecular weight excluding hydrogens is 252 g/mol. The zero-order chi connectivity index (χ0) is 15.3. The molecule has 20 heavy (non-hydrogen) atoms. The molecular formula is C16H28N2O2. The van der Waals surface area contributed by atoms with Gasteiger partial charge in [-0.15, -0.1) is 0 Å². The summed E-state index contributed by atoms with van der Waals surface area (Å²) in [6.07, 6.45) is 4.51. The Morgan fingerprint density at radius 2 is 2.00 bits per heavy atom. The van der Waals surface area contributed by atoms with Gasteiger partial charge in [0.2, 0.25) is 11.8 Å². The number of carbonyl (C=O) groups is 2. The van der Waals surface area contributed by atoms with E-state index >= 15 is 0 Å².